The molecule has 0 aliphatic heterocycles. The molecule has 2 N–H and O–H groups in total. The number of hydrogen-bond acceptors (Lipinski definition) is 4. The van der Waals surface area contributed by atoms with E-state index in [0.717, 1.165) is 0 Å². The molecule has 1 amide bonds. The topological polar surface area (TPSA) is 93.2 Å². The van der Waals surface area contributed by atoms with Crippen molar-refractivity contribution in [2.75, 3.05) is 13.7 Å². The minimum Gasteiger partial charge on any atom is -0.497 e. The molecule has 0 bridgehead atoms. The summed E-state index contributed by atoms with van der Waals surface area (Å²) in [6.07, 6.45) is 0. The molecule has 3 aromatic rings. The first-order valence-electron chi connectivity index (χ1n) is 7.74. The number of aromatic nitrogens is 2. The number of amides is 1. The van der Waals surface area contributed by atoms with E-state index in [-0.39, 0.29) is 19.0 Å². The number of nitrogens with one attached hydrogen (secondary N) is 2. The summed E-state index contributed by atoms with van der Waals surface area (Å²) in [6.45, 7) is 0.405. The van der Waals surface area contributed by atoms with Gasteiger partial charge in [0, 0.05) is 18.7 Å². The summed E-state index contributed by atoms with van der Waals surface area (Å²) in [5.74, 6) is 0.311. The number of fused-ring (bicyclic) bond motifs is 1. The van der Waals surface area contributed by atoms with Crippen molar-refractivity contribution in [1.29, 1.82) is 0 Å². The van der Waals surface area contributed by atoms with Gasteiger partial charge in [0.2, 0.25) is 0 Å². The molecule has 0 aliphatic rings. The zero-order valence-electron chi connectivity index (χ0n) is 13.6. The van der Waals surface area contributed by atoms with Crippen LogP contribution in [-0.2, 0) is 6.54 Å². The maximum atomic E-state index is 12.2. The van der Waals surface area contributed by atoms with Crippen LogP contribution in [0.2, 0.25) is 0 Å². The van der Waals surface area contributed by atoms with E-state index >= 15 is 0 Å². The standard InChI is InChI=1S/C18H17N3O4/c1-25-13-6-4-5-12(11-13)16(22)19-9-10-21-15-8-3-2-7-14(15)20-17(23)18(21)24/h2-8,11H,9-10H2,1H3,(H,19,22)(H,20,23). The van der Waals surface area contributed by atoms with Gasteiger partial charge in [-0.2, -0.15) is 0 Å². The van der Waals surface area contributed by atoms with Gasteiger partial charge >= 0.3 is 11.1 Å². The second-order valence-corrected chi connectivity index (χ2v) is 5.42. The van der Waals surface area contributed by atoms with E-state index in [0.29, 0.717) is 22.3 Å². The summed E-state index contributed by atoms with van der Waals surface area (Å²) < 4.78 is 6.45. The lowest BCUT2D eigenvalue weighted by atomic mass is 10.2. The van der Waals surface area contributed by atoms with Crippen LogP contribution >= 0.6 is 0 Å². The molecule has 0 aliphatic carbocycles. The van der Waals surface area contributed by atoms with Gasteiger partial charge in [0.15, 0.2) is 0 Å². The monoisotopic (exact) mass is 339 g/mol. The normalized spacial score (nSPS) is 10.6. The molecule has 0 atom stereocenters. The molecule has 1 heterocycles. The van der Waals surface area contributed by atoms with Gasteiger partial charge in [0.1, 0.15) is 5.75 Å². The number of H-pyrrole nitrogens is 1. The van der Waals surface area contributed by atoms with Gasteiger partial charge < -0.3 is 19.6 Å². The second kappa shape index (κ2) is 7.04. The first-order chi connectivity index (χ1) is 12.1. The number of para-hydroxylation sites is 2. The van der Waals surface area contributed by atoms with Crippen LogP contribution in [-0.4, -0.2) is 29.1 Å². The number of carbonyl (C=O) groups excluding carboxylic acids is 1. The number of nitrogens with zero attached hydrogens (tertiary/aromatic N) is 1. The van der Waals surface area contributed by atoms with Crippen LogP contribution in [0.25, 0.3) is 11.0 Å². The van der Waals surface area contributed by atoms with E-state index in [9.17, 15) is 14.4 Å². The summed E-state index contributed by atoms with van der Waals surface area (Å²) in [4.78, 5) is 38.6. The van der Waals surface area contributed by atoms with Gasteiger partial charge in [-0.05, 0) is 30.3 Å². The average Bonchev–Trinajstić information content (AvgIpc) is 2.64. The lowest BCUT2D eigenvalue weighted by Crippen LogP contribution is -2.39. The van der Waals surface area contributed by atoms with Gasteiger partial charge in [-0.25, -0.2) is 0 Å². The Hall–Kier alpha value is -3.35. The average molecular weight is 339 g/mol. The third-order valence-electron chi connectivity index (χ3n) is 3.84. The van der Waals surface area contributed by atoms with Crippen molar-refractivity contribution in [2.45, 2.75) is 6.54 Å². The van der Waals surface area contributed by atoms with Crippen LogP contribution < -0.4 is 21.2 Å². The highest BCUT2D eigenvalue weighted by Gasteiger charge is 2.09. The summed E-state index contributed by atoms with van der Waals surface area (Å²) in [6, 6.07) is 13.8. The van der Waals surface area contributed by atoms with E-state index in [4.69, 9.17) is 4.74 Å². The van der Waals surface area contributed by atoms with Crippen molar-refractivity contribution in [3.63, 3.8) is 0 Å². The zero-order chi connectivity index (χ0) is 17.8. The predicted molar refractivity (Wildman–Crippen MR) is 94.2 cm³/mol. The van der Waals surface area contributed by atoms with E-state index in [1.54, 1.807) is 48.5 Å². The molecule has 0 fully saturated rings. The van der Waals surface area contributed by atoms with Crippen LogP contribution in [0.3, 0.4) is 0 Å². The lowest BCUT2D eigenvalue weighted by molar-refractivity contribution is 0.0952. The van der Waals surface area contributed by atoms with Gasteiger partial charge in [-0.3, -0.25) is 14.4 Å². The minimum absolute atomic E-state index is 0.193. The molecular weight excluding hydrogens is 322 g/mol. The fraction of sp³-hybridized carbons (Fsp3) is 0.167. The molecule has 3 rings (SSSR count). The van der Waals surface area contributed by atoms with Gasteiger partial charge in [0.25, 0.3) is 5.91 Å². The van der Waals surface area contributed by atoms with Crippen molar-refractivity contribution in [3.8, 4) is 5.75 Å². The predicted octanol–water partition coefficient (Wildman–Crippen LogP) is 1.13. The Bertz CT molecular complexity index is 1040. The van der Waals surface area contributed by atoms with Crippen LogP contribution in [0.5, 0.6) is 5.75 Å². The van der Waals surface area contributed by atoms with Crippen LogP contribution in [0.1, 0.15) is 10.4 Å². The molecule has 2 aromatic carbocycles. The molecular formula is C18H17N3O4. The zero-order valence-corrected chi connectivity index (χ0v) is 13.6. The summed E-state index contributed by atoms with van der Waals surface area (Å²) in [5, 5.41) is 2.74. The SMILES string of the molecule is COc1cccc(C(=O)NCCn2c(=O)c(=O)[nH]c3ccccc32)c1. The Balaban J connectivity index is 1.77. The van der Waals surface area contributed by atoms with Gasteiger partial charge in [-0.1, -0.05) is 18.2 Å². The summed E-state index contributed by atoms with van der Waals surface area (Å²) in [7, 11) is 1.53. The van der Waals surface area contributed by atoms with E-state index in [1.165, 1.54) is 11.7 Å². The molecule has 7 heteroatoms. The quantitative estimate of drug-likeness (QED) is 0.682. The lowest BCUT2D eigenvalue weighted by Gasteiger charge is -2.11. The fourth-order valence-electron chi connectivity index (χ4n) is 2.59. The van der Waals surface area contributed by atoms with E-state index < -0.39 is 11.1 Å². The Morgan fingerprint density at radius 3 is 2.76 bits per heavy atom. The Kier molecular flexibility index (Phi) is 4.65. The first kappa shape index (κ1) is 16.5. The molecule has 7 nitrogen and oxygen atoms in total. The number of hydrogen-bond donors (Lipinski definition) is 2. The van der Waals surface area contributed by atoms with Crippen LogP contribution in [0.15, 0.2) is 58.1 Å². The van der Waals surface area contributed by atoms with Crippen molar-refractivity contribution in [3.05, 3.63) is 74.8 Å². The Morgan fingerprint density at radius 2 is 1.96 bits per heavy atom. The third kappa shape index (κ3) is 3.45. The fourth-order valence-corrected chi connectivity index (χ4v) is 2.59. The first-order valence-corrected chi connectivity index (χ1v) is 7.74. The number of ether oxygens (including phenoxy) is 1. The maximum absolute atomic E-state index is 12.2. The number of carbonyl (C=O) groups is 1. The Morgan fingerprint density at radius 1 is 1.16 bits per heavy atom. The summed E-state index contributed by atoms with van der Waals surface area (Å²) >= 11 is 0. The van der Waals surface area contributed by atoms with E-state index in [2.05, 4.69) is 10.3 Å². The van der Waals surface area contributed by atoms with Crippen molar-refractivity contribution in [1.82, 2.24) is 14.9 Å². The molecule has 0 spiro atoms. The van der Waals surface area contributed by atoms with Crippen molar-refractivity contribution in [2.24, 2.45) is 0 Å². The summed E-state index contributed by atoms with van der Waals surface area (Å²) in [5.41, 5.74) is 0.323. The highest BCUT2D eigenvalue weighted by molar-refractivity contribution is 5.94. The smallest absolute Gasteiger partial charge is 0.316 e. The maximum Gasteiger partial charge on any atom is 0.316 e. The van der Waals surface area contributed by atoms with Gasteiger partial charge in [0.05, 0.1) is 18.1 Å². The number of rotatable bonds is 5. The van der Waals surface area contributed by atoms with Gasteiger partial charge in [-0.15, -0.1) is 0 Å². The molecule has 25 heavy (non-hydrogen) atoms. The number of aromatic amines is 1. The highest BCUT2D eigenvalue weighted by Crippen LogP contribution is 2.12. The third-order valence-corrected chi connectivity index (χ3v) is 3.84. The van der Waals surface area contributed by atoms with Crippen molar-refractivity contribution >= 4 is 16.9 Å². The van der Waals surface area contributed by atoms with Crippen LogP contribution in [0.4, 0.5) is 0 Å². The van der Waals surface area contributed by atoms with Crippen molar-refractivity contribution < 1.29 is 9.53 Å². The molecule has 0 saturated carbocycles. The molecule has 0 unspecified atom stereocenters. The second-order valence-electron chi connectivity index (χ2n) is 5.42. The van der Waals surface area contributed by atoms with Crippen LogP contribution in [0, 0.1) is 0 Å². The molecule has 128 valence electrons. The number of methoxy groups -OCH3 is 1. The minimum atomic E-state index is -0.683. The molecule has 0 saturated heterocycles. The van der Waals surface area contributed by atoms with E-state index in [1.807, 2.05) is 0 Å². The Labute approximate surface area is 142 Å². The highest BCUT2D eigenvalue weighted by atomic mass is 16.5. The molecule has 1 aromatic heterocycles. The molecule has 0 radical (unpaired) electrons. The number of benzene rings is 2. The largest absolute Gasteiger partial charge is 0.497 e.